The number of H-pyrrole nitrogens is 1. The Bertz CT molecular complexity index is 795. The summed E-state index contributed by atoms with van der Waals surface area (Å²) in [7, 11) is -3.12. The van der Waals surface area contributed by atoms with Gasteiger partial charge in [0.15, 0.2) is 0 Å². The first-order valence-corrected chi connectivity index (χ1v) is 8.45. The van der Waals surface area contributed by atoms with E-state index in [1.807, 2.05) is 12.1 Å². The molecule has 3 heterocycles. The predicted molar refractivity (Wildman–Crippen MR) is 80.1 cm³/mol. The van der Waals surface area contributed by atoms with Crippen molar-refractivity contribution in [3.8, 4) is 0 Å². The van der Waals surface area contributed by atoms with Crippen LogP contribution in [0.4, 0.5) is 0 Å². The van der Waals surface area contributed by atoms with Gasteiger partial charge in [0, 0.05) is 30.4 Å². The third-order valence-corrected chi connectivity index (χ3v) is 5.06. The molecule has 0 saturated carbocycles. The van der Waals surface area contributed by atoms with Crippen LogP contribution >= 0.6 is 11.6 Å². The Balaban J connectivity index is 1.93. The molecule has 106 valence electrons. The van der Waals surface area contributed by atoms with Gasteiger partial charge in [0.1, 0.15) is 5.65 Å². The van der Waals surface area contributed by atoms with Gasteiger partial charge in [-0.15, -0.1) is 0 Å². The molecule has 0 unspecified atom stereocenters. The van der Waals surface area contributed by atoms with Crippen LogP contribution in [0.5, 0.6) is 0 Å². The molecule has 1 N–H and O–H groups in total. The van der Waals surface area contributed by atoms with Crippen molar-refractivity contribution in [1.82, 2.24) is 14.3 Å². The van der Waals surface area contributed by atoms with Crippen LogP contribution in [0.2, 0.25) is 5.02 Å². The van der Waals surface area contributed by atoms with E-state index in [9.17, 15) is 8.42 Å². The normalized spacial score (nSPS) is 17.4. The van der Waals surface area contributed by atoms with Crippen molar-refractivity contribution in [3.05, 3.63) is 35.1 Å². The average molecular weight is 312 g/mol. The molecular weight excluding hydrogens is 298 g/mol. The number of halogens is 1. The summed E-state index contributed by atoms with van der Waals surface area (Å²) in [6.45, 7) is 0.909. The molecule has 0 spiro atoms. The Kier molecular flexibility index (Phi) is 3.32. The maximum Gasteiger partial charge on any atom is 0.211 e. The number of sulfonamides is 1. The number of aromatic nitrogens is 2. The lowest BCUT2D eigenvalue weighted by Gasteiger charge is -2.23. The van der Waals surface area contributed by atoms with Gasteiger partial charge in [-0.3, -0.25) is 0 Å². The maximum absolute atomic E-state index is 11.5. The molecule has 7 heteroatoms. The van der Waals surface area contributed by atoms with Crippen LogP contribution < -0.4 is 0 Å². The molecule has 3 rings (SSSR count). The molecule has 1 aliphatic rings. The smallest absolute Gasteiger partial charge is 0.211 e. The molecule has 0 saturated heterocycles. The Labute approximate surface area is 122 Å². The van der Waals surface area contributed by atoms with E-state index in [0.29, 0.717) is 24.5 Å². The zero-order valence-electron chi connectivity index (χ0n) is 10.9. The third kappa shape index (κ3) is 2.46. The van der Waals surface area contributed by atoms with Gasteiger partial charge in [0.25, 0.3) is 0 Å². The monoisotopic (exact) mass is 311 g/mol. The van der Waals surface area contributed by atoms with Crippen molar-refractivity contribution in [2.75, 3.05) is 19.3 Å². The number of hydrogen-bond donors (Lipinski definition) is 1. The van der Waals surface area contributed by atoms with E-state index in [1.165, 1.54) is 10.6 Å². The van der Waals surface area contributed by atoms with Gasteiger partial charge in [0.05, 0.1) is 11.3 Å². The minimum atomic E-state index is -3.12. The molecule has 0 fully saturated rings. The van der Waals surface area contributed by atoms with E-state index in [-0.39, 0.29) is 0 Å². The van der Waals surface area contributed by atoms with Crippen LogP contribution in [0.1, 0.15) is 12.1 Å². The van der Waals surface area contributed by atoms with Crippen LogP contribution in [-0.4, -0.2) is 42.0 Å². The van der Waals surface area contributed by atoms with Gasteiger partial charge < -0.3 is 4.98 Å². The second-order valence-electron chi connectivity index (χ2n) is 4.84. The highest BCUT2D eigenvalue weighted by atomic mass is 35.5. The number of nitrogens with zero attached hydrogens (tertiary/aromatic N) is 2. The number of pyridine rings is 1. The molecule has 0 aliphatic carbocycles. The summed E-state index contributed by atoms with van der Waals surface area (Å²) in [4.78, 5) is 7.47. The van der Waals surface area contributed by atoms with Crippen molar-refractivity contribution < 1.29 is 8.42 Å². The number of nitrogens with one attached hydrogen (secondary N) is 1. The van der Waals surface area contributed by atoms with Crippen molar-refractivity contribution >= 4 is 38.2 Å². The maximum atomic E-state index is 11.5. The molecule has 0 atom stereocenters. The molecule has 2 aromatic rings. The quantitative estimate of drug-likeness (QED) is 0.925. The minimum absolute atomic E-state index is 0.407. The van der Waals surface area contributed by atoms with Crippen molar-refractivity contribution in [1.29, 1.82) is 0 Å². The van der Waals surface area contributed by atoms with Gasteiger partial charge in [-0.1, -0.05) is 17.7 Å². The van der Waals surface area contributed by atoms with Gasteiger partial charge in [-0.2, -0.15) is 4.31 Å². The standard InChI is InChI=1S/C13H14ClN3O2S/c1-20(18,19)17-6-3-9(4-7-17)12-8-10-11(14)2-5-15-13(10)16-12/h2-3,5,8H,4,6-7H2,1H3,(H,15,16). The number of rotatable bonds is 2. The first kappa shape index (κ1) is 13.6. The van der Waals surface area contributed by atoms with Crippen LogP contribution in [0.3, 0.4) is 0 Å². The lowest BCUT2D eigenvalue weighted by atomic mass is 10.1. The fourth-order valence-electron chi connectivity index (χ4n) is 2.36. The Hall–Kier alpha value is -1.37. The van der Waals surface area contributed by atoms with E-state index < -0.39 is 10.0 Å². The lowest BCUT2D eigenvalue weighted by molar-refractivity contribution is 0.445. The van der Waals surface area contributed by atoms with Gasteiger partial charge in [0.2, 0.25) is 10.0 Å². The summed E-state index contributed by atoms with van der Waals surface area (Å²) in [5.41, 5.74) is 2.80. The van der Waals surface area contributed by atoms with E-state index in [4.69, 9.17) is 11.6 Å². The second-order valence-corrected chi connectivity index (χ2v) is 7.23. The fourth-order valence-corrected chi connectivity index (χ4v) is 3.33. The van der Waals surface area contributed by atoms with E-state index in [2.05, 4.69) is 9.97 Å². The van der Waals surface area contributed by atoms with Crippen LogP contribution in [0.25, 0.3) is 16.6 Å². The van der Waals surface area contributed by atoms with Gasteiger partial charge in [-0.25, -0.2) is 13.4 Å². The highest BCUT2D eigenvalue weighted by Gasteiger charge is 2.21. The molecule has 0 aromatic carbocycles. The zero-order valence-corrected chi connectivity index (χ0v) is 12.5. The fraction of sp³-hybridized carbons (Fsp3) is 0.308. The van der Waals surface area contributed by atoms with E-state index in [0.717, 1.165) is 22.3 Å². The van der Waals surface area contributed by atoms with Crippen molar-refractivity contribution in [3.63, 3.8) is 0 Å². The van der Waals surface area contributed by atoms with E-state index >= 15 is 0 Å². The summed E-state index contributed by atoms with van der Waals surface area (Å²) in [5.74, 6) is 0. The molecule has 0 radical (unpaired) electrons. The SMILES string of the molecule is CS(=O)(=O)N1CC=C(c2cc3c(Cl)ccnc3[nH]2)CC1. The number of hydrogen-bond acceptors (Lipinski definition) is 3. The summed E-state index contributed by atoms with van der Waals surface area (Å²) >= 11 is 6.13. The van der Waals surface area contributed by atoms with E-state index in [1.54, 1.807) is 12.3 Å². The molecule has 5 nitrogen and oxygen atoms in total. The summed E-state index contributed by atoms with van der Waals surface area (Å²) in [5, 5.41) is 1.54. The predicted octanol–water partition coefficient (Wildman–Crippen LogP) is 2.27. The zero-order chi connectivity index (χ0) is 14.3. The largest absolute Gasteiger partial charge is 0.339 e. The van der Waals surface area contributed by atoms with Crippen LogP contribution in [0.15, 0.2) is 24.4 Å². The Morgan fingerprint density at radius 3 is 2.85 bits per heavy atom. The van der Waals surface area contributed by atoms with Crippen LogP contribution in [0, 0.1) is 0 Å². The van der Waals surface area contributed by atoms with Crippen LogP contribution in [-0.2, 0) is 10.0 Å². The van der Waals surface area contributed by atoms with Crippen molar-refractivity contribution in [2.45, 2.75) is 6.42 Å². The first-order chi connectivity index (χ1) is 9.45. The molecule has 20 heavy (non-hydrogen) atoms. The highest BCUT2D eigenvalue weighted by molar-refractivity contribution is 7.88. The summed E-state index contributed by atoms with van der Waals surface area (Å²) in [6.07, 6.45) is 5.50. The van der Waals surface area contributed by atoms with Gasteiger partial charge in [-0.05, 0) is 24.1 Å². The highest BCUT2D eigenvalue weighted by Crippen LogP contribution is 2.28. The summed E-state index contributed by atoms with van der Waals surface area (Å²) in [6, 6.07) is 3.72. The molecule has 0 bridgehead atoms. The lowest BCUT2D eigenvalue weighted by Crippen LogP contribution is -2.33. The molecule has 2 aromatic heterocycles. The van der Waals surface area contributed by atoms with Gasteiger partial charge >= 0.3 is 0 Å². The third-order valence-electron chi connectivity index (χ3n) is 3.47. The topological polar surface area (TPSA) is 66.1 Å². The molecular formula is C13H14ClN3O2S. The number of fused-ring (bicyclic) bond motifs is 1. The number of aromatic amines is 1. The first-order valence-electron chi connectivity index (χ1n) is 6.23. The molecule has 1 aliphatic heterocycles. The average Bonchev–Trinajstić information content (AvgIpc) is 2.83. The summed E-state index contributed by atoms with van der Waals surface area (Å²) < 4.78 is 24.4. The Morgan fingerprint density at radius 2 is 2.25 bits per heavy atom. The Morgan fingerprint density at radius 1 is 1.45 bits per heavy atom. The van der Waals surface area contributed by atoms with Crippen molar-refractivity contribution in [2.24, 2.45) is 0 Å². The second kappa shape index (κ2) is 4.87. The minimum Gasteiger partial charge on any atom is -0.339 e. The molecule has 0 amide bonds.